The summed E-state index contributed by atoms with van der Waals surface area (Å²) < 4.78 is 4.63. The SMILES string of the molecule is COC(=O)[C@H](N)c1ccnc2ccccc12. The fraction of sp³-hybridized carbons (Fsp3) is 0.167. The highest BCUT2D eigenvalue weighted by atomic mass is 16.5. The first-order chi connectivity index (χ1) is 7.74. The number of pyridine rings is 1. The first kappa shape index (κ1) is 10.6. The predicted octanol–water partition coefficient (Wildman–Crippen LogP) is 1.41. The van der Waals surface area contributed by atoms with Crippen molar-refractivity contribution in [3.63, 3.8) is 0 Å². The third-order valence-corrected chi connectivity index (χ3v) is 2.47. The van der Waals surface area contributed by atoms with Gasteiger partial charge in [-0.2, -0.15) is 0 Å². The first-order valence-electron chi connectivity index (χ1n) is 4.91. The summed E-state index contributed by atoms with van der Waals surface area (Å²) in [5.74, 6) is -0.448. The molecule has 0 bridgehead atoms. The van der Waals surface area contributed by atoms with Crippen LogP contribution in [0.15, 0.2) is 36.5 Å². The quantitative estimate of drug-likeness (QED) is 0.771. The number of rotatable bonds is 2. The third kappa shape index (κ3) is 1.75. The number of aromatic nitrogens is 1. The number of carbonyl (C=O) groups excluding carboxylic acids is 1. The van der Waals surface area contributed by atoms with Crippen LogP contribution in [-0.2, 0) is 9.53 Å². The minimum atomic E-state index is -0.766. The molecule has 0 aliphatic rings. The van der Waals surface area contributed by atoms with Crippen LogP contribution in [0.25, 0.3) is 10.9 Å². The summed E-state index contributed by atoms with van der Waals surface area (Å²) in [6.45, 7) is 0. The Balaban J connectivity index is 2.56. The van der Waals surface area contributed by atoms with Gasteiger partial charge >= 0.3 is 5.97 Å². The number of hydrogen-bond donors (Lipinski definition) is 1. The van der Waals surface area contributed by atoms with Crippen molar-refractivity contribution in [2.24, 2.45) is 5.73 Å². The van der Waals surface area contributed by atoms with E-state index in [1.165, 1.54) is 7.11 Å². The molecule has 0 radical (unpaired) electrons. The van der Waals surface area contributed by atoms with E-state index in [-0.39, 0.29) is 0 Å². The monoisotopic (exact) mass is 216 g/mol. The molecular weight excluding hydrogens is 204 g/mol. The molecule has 4 nitrogen and oxygen atoms in total. The van der Waals surface area contributed by atoms with Crippen LogP contribution in [-0.4, -0.2) is 18.1 Å². The number of hydrogen-bond acceptors (Lipinski definition) is 4. The van der Waals surface area contributed by atoms with E-state index in [0.29, 0.717) is 0 Å². The first-order valence-corrected chi connectivity index (χ1v) is 4.91. The molecule has 0 saturated carbocycles. The van der Waals surface area contributed by atoms with E-state index in [0.717, 1.165) is 16.5 Å². The summed E-state index contributed by atoms with van der Waals surface area (Å²) in [6, 6.07) is 8.52. The second kappa shape index (κ2) is 4.28. The Bertz CT molecular complexity index is 520. The molecule has 1 aromatic carbocycles. The third-order valence-electron chi connectivity index (χ3n) is 2.47. The van der Waals surface area contributed by atoms with E-state index in [2.05, 4.69) is 9.72 Å². The van der Waals surface area contributed by atoms with Gasteiger partial charge in [0, 0.05) is 11.6 Å². The number of esters is 1. The molecule has 1 atom stereocenters. The molecule has 0 spiro atoms. The lowest BCUT2D eigenvalue weighted by Crippen LogP contribution is -2.22. The molecule has 0 aliphatic carbocycles. The predicted molar refractivity (Wildman–Crippen MR) is 60.7 cm³/mol. The van der Waals surface area contributed by atoms with Gasteiger partial charge in [-0.3, -0.25) is 9.78 Å². The molecular formula is C12H12N2O2. The van der Waals surface area contributed by atoms with E-state index in [4.69, 9.17) is 5.73 Å². The minimum absolute atomic E-state index is 0.448. The fourth-order valence-electron chi connectivity index (χ4n) is 1.64. The molecule has 0 amide bonds. The zero-order chi connectivity index (χ0) is 11.5. The van der Waals surface area contributed by atoms with Gasteiger partial charge < -0.3 is 10.5 Å². The van der Waals surface area contributed by atoms with Gasteiger partial charge in [0.05, 0.1) is 12.6 Å². The zero-order valence-electron chi connectivity index (χ0n) is 8.88. The van der Waals surface area contributed by atoms with E-state index >= 15 is 0 Å². The molecule has 0 unspecified atom stereocenters. The van der Waals surface area contributed by atoms with Crippen molar-refractivity contribution in [2.75, 3.05) is 7.11 Å². The average Bonchev–Trinajstić information content (AvgIpc) is 2.36. The van der Waals surface area contributed by atoms with Gasteiger partial charge in [-0.05, 0) is 17.7 Å². The van der Waals surface area contributed by atoms with Gasteiger partial charge in [0.1, 0.15) is 6.04 Å². The highest BCUT2D eigenvalue weighted by Crippen LogP contribution is 2.21. The van der Waals surface area contributed by atoms with Crippen LogP contribution in [0.3, 0.4) is 0 Å². The topological polar surface area (TPSA) is 65.2 Å². The molecule has 4 heteroatoms. The van der Waals surface area contributed by atoms with Crippen LogP contribution in [0.2, 0.25) is 0 Å². The van der Waals surface area contributed by atoms with Gasteiger partial charge in [0.2, 0.25) is 0 Å². The van der Waals surface area contributed by atoms with Crippen molar-refractivity contribution in [1.29, 1.82) is 0 Å². The fourth-order valence-corrected chi connectivity index (χ4v) is 1.64. The second-order valence-corrected chi connectivity index (χ2v) is 3.42. The van der Waals surface area contributed by atoms with Crippen LogP contribution in [0.5, 0.6) is 0 Å². The van der Waals surface area contributed by atoms with E-state index in [1.54, 1.807) is 12.3 Å². The van der Waals surface area contributed by atoms with Gasteiger partial charge in [-0.15, -0.1) is 0 Å². The lowest BCUT2D eigenvalue weighted by atomic mass is 10.0. The number of ether oxygens (including phenoxy) is 1. The molecule has 2 rings (SSSR count). The summed E-state index contributed by atoms with van der Waals surface area (Å²) in [5, 5.41) is 0.878. The molecule has 2 N–H and O–H groups in total. The number of nitrogens with zero attached hydrogens (tertiary/aromatic N) is 1. The molecule has 2 aromatic rings. The molecule has 0 saturated heterocycles. The largest absolute Gasteiger partial charge is 0.468 e. The summed E-state index contributed by atoms with van der Waals surface area (Å²) in [6.07, 6.45) is 1.64. The second-order valence-electron chi connectivity index (χ2n) is 3.42. The number of carbonyl (C=O) groups is 1. The van der Waals surface area contributed by atoms with E-state index in [9.17, 15) is 4.79 Å². The summed E-state index contributed by atoms with van der Waals surface area (Å²) in [5.41, 5.74) is 7.37. The minimum Gasteiger partial charge on any atom is -0.468 e. The Morgan fingerprint density at radius 1 is 1.38 bits per heavy atom. The Labute approximate surface area is 93.0 Å². The molecule has 1 heterocycles. The standard InChI is InChI=1S/C12H12N2O2/c1-16-12(15)11(13)9-6-7-14-10-5-3-2-4-8(9)10/h2-7,11H,13H2,1H3/t11-/m1/s1. The Morgan fingerprint density at radius 3 is 2.88 bits per heavy atom. The smallest absolute Gasteiger partial charge is 0.327 e. The van der Waals surface area contributed by atoms with Crippen LogP contribution in [0.1, 0.15) is 11.6 Å². The van der Waals surface area contributed by atoms with Crippen LogP contribution in [0.4, 0.5) is 0 Å². The van der Waals surface area contributed by atoms with Crippen molar-refractivity contribution in [1.82, 2.24) is 4.98 Å². The van der Waals surface area contributed by atoms with Gasteiger partial charge in [0.15, 0.2) is 0 Å². The van der Waals surface area contributed by atoms with Crippen molar-refractivity contribution < 1.29 is 9.53 Å². The van der Waals surface area contributed by atoms with E-state index in [1.807, 2.05) is 24.3 Å². The lowest BCUT2D eigenvalue weighted by molar-refractivity contribution is -0.142. The Hall–Kier alpha value is -1.94. The highest BCUT2D eigenvalue weighted by Gasteiger charge is 2.18. The molecule has 82 valence electrons. The summed E-state index contributed by atoms with van der Waals surface area (Å²) >= 11 is 0. The molecule has 1 aromatic heterocycles. The van der Waals surface area contributed by atoms with Crippen LogP contribution in [0, 0.1) is 0 Å². The Morgan fingerprint density at radius 2 is 2.12 bits per heavy atom. The zero-order valence-corrected chi connectivity index (χ0v) is 8.88. The van der Waals surface area contributed by atoms with Crippen molar-refractivity contribution in [3.8, 4) is 0 Å². The maximum atomic E-state index is 11.4. The van der Waals surface area contributed by atoms with Gasteiger partial charge in [-0.1, -0.05) is 18.2 Å². The maximum absolute atomic E-state index is 11.4. The number of para-hydroxylation sites is 1. The van der Waals surface area contributed by atoms with Crippen LogP contribution >= 0.6 is 0 Å². The Kier molecular flexibility index (Phi) is 2.83. The van der Waals surface area contributed by atoms with Crippen molar-refractivity contribution in [3.05, 3.63) is 42.1 Å². The average molecular weight is 216 g/mol. The van der Waals surface area contributed by atoms with Crippen LogP contribution < -0.4 is 5.73 Å². The molecule has 0 fully saturated rings. The normalized spacial score (nSPS) is 12.4. The molecule has 0 aliphatic heterocycles. The highest BCUT2D eigenvalue weighted by molar-refractivity contribution is 5.88. The number of methoxy groups -OCH3 is 1. The van der Waals surface area contributed by atoms with Gasteiger partial charge in [-0.25, -0.2) is 0 Å². The summed E-state index contributed by atoms with van der Waals surface area (Å²) in [4.78, 5) is 15.6. The summed E-state index contributed by atoms with van der Waals surface area (Å²) in [7, 11) is 1.32. The van der Waals surface area contributed by atoms with E-state index < -0.39 is 12.0 Å². The number of benzene rings is 1. The lowest BCUT2D eigenvalue weighted by Gasteiger charge is -2.11. The number of fused-ring (bicyclic) bond motifs is 1. The molecule has 16 heavy (non-hydrogen) atoms. The van der Waals surface area contributed by atoms with Crippen molar-refractivity contribution >= 4 is 16.9 Å². The van der Waals surface area contributed by atoms with Gasteiger partial charge in [0.25, 0.3) is 0 Å². The number of nitrogens with two attached hydrogens (primary N) is 1. The van der Waals surface area contributed by atoms with Crippen molar-refractivity contribution in [2.45, 2.75) is 6.04 Å². The maximum Gasteiger partial charge on any atom is 0.327 e.